The third kappa shape index (κ3) is 2.36. The van der Waals surface area contributed by atoms with Crippen molar-refractivity contribution in [1.82, 2.24) is 4.90 Å². The average molecular weight is 308 g/mol. The molecule has 2 N–H and O–H groups in total. The number of alkyl halides is 2. The van der Waals surface area contributed by atoms with Gasteiger partial charge in [-0.2, -0.15) is 0 Å². The van der Waals surface area contributed by atoms with E-state index in [4.69, 9.17) is 5.73 Å². The van der Waals surface area contributed by atoms with Crippen molar-refractivity contribution in [3.05, 3.63) is 35.9 Å². The van der Waals surface area contributed by atoms with Gasteiger partial charge in [0.25, 0.3) is 5.92 Å². The Kier molecular flexibility index (Phi) is 3.42. The molecule has 4 nitrogen and oxygen atoms in total. The molecule has 2 amide bonds. The zero-order valence-corrected chi connectivity index (χ0v) is 12.1. The van der Waals surface area contributed by atoms with Crippen LogP contribution in [0.4, 0.5) is 8.78 Å². The molecule has 1 aliphatic heterocycles. The van der Waals surface area contributed by atoms with Crippen LogP contribution in [0.5, 0.6) is 0 Å². The number of hydrogen-bond acceptors (Lipinski definition) is 2. The Labute approximate surface area is 127 Å². The molecule has 0 aromatic heterocycles. The van der Waals surface area contributed by atoms with Crippen LogP contribution in [0, 0.1) is 5.92 Å². The first-order chi connectivity index (χ1) is 10.3. The molecule has 6 heteroatoms. The number of halogens is 2. The third-order valence-corrected chi connectivity index (χ3v) is 4.73. The minimum absolute atomic E-state index is 0.230. The SMILES string of the molecule is NC(=O)C1CCN(C(=O)C2(c3ccccc3)CC(F)(F)C2)C1. The molecule has 1 aromatic carbocycles. The van der Waals surface area contributed by atoms with Gasteiger partial charge in [0, 0.05) is 25.9 Å². The van der Waals surface area contributed by atoms with Crippen molar-refractivity contribution in [2.45, 2.75) is 30.6 Å². The van der Waals surface area contributed by atoms with Crippen molar-refractivity contribution in [3.8, 4) is 0 Å². The van der Waals surface area contributed by atoms with E-state index in [2.05, 4.69) is 0 Å². The Morgan fingerprint density at radius 2 is 1.82 bits per heavy atom. The molecule has 1 saturated carbocycles. The van der Waals surface area contributed by atoms with Crippen molar-refractivity contribution in [2.75, 3.05) is 13.1 Å². The Morgan fingerprint density at radius 3 is 2.32 bits per heavy atom. The van der Waals surface area contributed by atoms with E-state index < -0.39 is 30.1 Å². The summed E-state index contributed by atoms with van der Waals surface area (Å²) >= 11 is 0. The highest BCUT2D eigenvalue weighted by molar-refractivity contribution is 5.91. The smallest absolute Gasteiger partial charge is 0.250 e. The van der Waals surface area contributed by atoms with Gasteiger partial charge in [0.1, 0.15) is 0 Å². The van der Waals surface area contributed by atoms with E-state index >= 15 is 0 Å². The third-order valence-electron chi connectivity index (χ3n) is 4.73. The van der Waals surface area contributed by atoms with E-state index in [0.717, 1.165) is 0 Å². The van der Waals surface area contributed by atoms with E-state index in [0.29, 0.717) is 18.5 Å². The van der Waals surface area contributed by atoms with Crippen molar-refractivity contribution in [1.29, 1.82) is 0 Å². The molecule has 1 aromatic rings. The van der Waals surface area contributed by atoms with Crippen molar-refractivity contribution in [3.63, 3.8) is 0 Å². The van der Waals surface area contributed by atoms with Crippen molar-refractivity contribution >= 4 is 11.8 Å². The second-order valence-electron chi connectivity index (χ2n) is 6.30. The first kappa shape index (κ1) is 14.9. The van der Waals surface area contributed by atoms with Gasteiger partial charge in [-0.05, 0) is 12.0 Å². The van der Waals surface area contributed by atoms with Gasteiger partial charge in [0.15, 0.2) is 0 Å². The van der Waals surface area contributed by atoms with Crippen LogP contribution in [0.25, 0.3) is 0 Å². The van der Waals surface area contributed by atoms with Crippen LogP contribution in [0.1, 0.15) is 24.8 Å². The Bertz CT molecular complexity index is 595. The van der Waals surface area contributed by atoms with Crippen LogP contribution >= 0.6 is 0 Å². The number of nitrogens with two attached hydrogens (primary N) is 1. The van der Waals surface area contributed by atoms with Gasteiger partial charge in [-0.1, -0.05) is 30.3 Å². The zero-order chi connectivity index (χ0) is 16.0. The van der Waals surface area contributed by atoms with Gasteiger partial charge in [0.2, 0.25) is 11.8 Å². The largest absolute Gasteiger partial charge is 0.369 e. The van der Waals surface area contributed by atoms with Crippen molar-refractivity contribution in [2.24, 2.45) is 11.7 Å². The number of hydrogen-bond donors (Lipinski definition) is 1. The summed E-state index contributed by atoms with van der Waals surface area (Å²) in [5.41, 5.74) is 4.72. The Morgan fingerprint density at radius 1 is 1.18 bits per heavy atom. The van der Waals surface area contributed by atoms with Gasteiger partial charge in [-0.25, -0.2) is 8.78 Å². The summed E-state index contributed by atoms with van der Waals surface area (Å²) in [5, 5.41) is 0. The summed E-state index contributed by atoms with van der Waals surface area (Å²) in [6, 6.07) is 8.72. The van der Waals surface area contributed by atoms with Crippen LogP contribution in [0.2, 0.25) is 0 Å². The number of rotatable bonds is 3. The fourth-order valence-corrected chi connectivity index (χ4v) is 3.55. The zero-order valence-electron chi connectivity index (χ0n) is 12.1. The van der Waals surface area contributed by atoms with Crippen LogP contribution in [-0.4, -0.2) is 35.7 Å². The normalized spacial score (nSPS) is 25.5. The molecule has 1 atom stereocenters. The van der Waals surface area contributed by atoms with Crippen LogP contribution in [0.3, 0.4) is 0 Å². The molecular formula is C16H18F2N2O2. The Hall–Kier alpha value is -1.98. The first-order valence-corrected chi connectivity index (χ1v) is 7.36. The molecule has 1 unspecified atom stereocenters. The molecule has 0 bridgehead atoms. The number of benzene rings is 1. The monoisotopic (exact) mass is 308 g/mol. The summed E-state index contributed by atoms with van der Waals surface area (Å²) < 4.78 is 27.1. The van der Waals surface area contributed by atoms with Gasteiger partial charge >= 0.3 is 0 Å². The van der Waals surface area contributed by atoms with Crippen molar-refractivity contribution < 1.29 is 18.4 Å². The van der Waals surface area contributed by atoms with Gasteiger partial charge < -0.3 is 10.6 Å². The lowest BCUT2D eigenvalue weighted by Crippen LogP contribution is -2.58. The number of amides is 2. The molecular weight excluding hydrogens is 290 g/mol. The van der Waals surface area contributed by atoms with Gasteiger partial charge in [-0.15, -0.1) is 0 Å². The highest BCUT2D eigenvalue weighted by Gasteiger charge is 2.62. The minimum atomic E-state index is -2.81. The molecule has 1 saturated heterocycles. The van der Waals surface area contributed by atoms with Crippen LogP contribution < -0.4 is 5.73 Å². The Balaban J connectivity index is 1.86. The standard InChI is InChI=1S/C16H18F2N2O2/c17-16(18)9-15(10-16,12-4-2-1-3-5-12)14(22)20-7-6-11(8-20)13(19)21/h1-5,11H,6-10H2,(H2,19,21). The second kappa shape index (κ2) is 5.04. The highest BCUT2D eigenvalue weighted by Crippen LogP contribution is 2.54. The fraction of sp³-hybridized carbons (Fsp3) is 0.500. The molecule has 1 aliphatic carbocycles. The summed E-state index contributed by atoms with van der Waals surface area (Å²) in [7, 11) is 0. The molecule has 2 aliphatic rings. The predicted molar refractivity (Wildman–Crippen MR) is 76.2 cm³/mol. The molecule has 0 spiro atoms. The maximum atomic E-state index is 13.5. The molecule has 22 heavy (non-hydrogen) atoms. The lowest BCUT2D eigenvalue weighted by molar-refractivity contribution is -0.167. The maximum absolute atomic E-state index is 13.5. The number of carbonyl (C=O) groups excluding carboxylic acids is 2. The maximum Gasteiger partial charge on any atom is 0.250 e. The van der Waals surface area contributed by atoms with E-state index in [1.165, 1.54) is 4.90 Å². The number of primary amides is 1. The first-order valence-electron chi connectivity index (χ1n) is 7.36. The summed E-state index contributed by atoms with van der Waals surface area (Å²) in [6.07, 6.45) is -0.441. The van der Waals surface area contributed by atoms with E-state index in [1.807, 2.05) is 0 Å². The molecule has 3 rings (SSSR count). The molecule has 1 heterocycles. The molecule has 118 valence electrons. The lowest BCUT2D eigenvalue weighted by Gasteiger charge is -2.47. The van der Waals surface area contributed by atoms with E-state index in [9.17, 15) is 18.4 Å². The molecule has 2 fully saturated rings. The van der Waals surface area contributed by atoms with Gasteiger partial charge in [0.05, 0.1) is 11.3 Å². The average Bonchev–Trinajstić information content (AvgIpc) is 2.94. The summed E-state index contributed by atoms with van der Waals surface area (Å²) in [6.45, 7) is 0.626. The number of likely N-dealkylation sites (tertiary alicyclic amines) is 1. The van der Waals surface area contributed by atoms with E-state index in [1.54, 1.807) is 30.3 Å². The minimum Gasteiger partial charge on any atom is -0.369 e. The highest BCUT2D eigenvalue weighted by atomic mass is 19.3. The van der Waals surface area contributed by atoms with Crippen LogP contribution in [0.15, 0.2) is 30.3 Å². The number of carbonyl (C=O) groups is 2. The number of nitrogens with zero attached hydrogens (tertiary/aromatic N) is 1. The van der Waals surface area contributed by atoms with E-state index in [-0.39, 0.29) is 18.4 Å². The predicted octanol–water partition coefficient (Wildman–Crippen LogP) is 1.69. The summed E-state index contributed by atoms with van der Waals surface area (Å²) in [4.78, 5) is 25.6. The van der Waals surface area contributed by atoms with Crippen LogP contribution in [-0.2, 0) is 15.0 Å². The second-order valence-corrected chi connectivity index (χ2v) is 6.30. The van der Waals surface area contributed by atoms with Gasteiger partial charge in [-0.3, -0.25) is 9.59 Å². The molecule has 0 radical (unpaired) electrons. The quantitative estimate of drug-likeness (QED) is 0.923. The fourth-order valence-electron chi connectivity index (χ4n) is 3.55. The summed E-state index contributed by atoms with van der Waals surface area (Å²) in [5.74, 6) is -3.94. The topological polar surface area (TPSA) is 63.4 Å². The lowest BCUT2D eigenvalue weighted by atomic mass is 9.61.